The highest BCUT2D eigenvalue weighted by molar-refractivity contribution is 7.72. The molecule has 0 rings (SSSR count). The van der Waals surface area contributed by atoms with Crippen LogP contribution >= 0.6 is 15.2 Å². The first-order valence-corrected chi connectivity index (χ1v) is 11.5. The van der Waals surface area contributed by atoms with Gasteiger partial charge in [0.15, 0.2) is 0 Å². The molecule has 0 radical (unpaired) electrons. The van der Waals surface area contributed by atoms with Crippen LogP contribution in [0, 0.1) is 0 Å². The van der Waals surface area contributed by atoms with Gasteiger partial charge in [-0.3, -0.25) is 14.0 Å². The minimum absolute atomic E-state index is 0.372. The van der Waals surface area contributed by atoms with Crippen molar-refractivity contribution in [1.82, 2.24) is 4.90 Å². The van der Waals surface area contributed by atoms with Crippen LogP contribution in [0.25, 0.3) is 0 Å². The van der Waals surface area contributed by atoms with E-state index < -0.39 is 20.7 Å². The maximum absolute atomic E-state index is 13.6. The molecule has 0 spiro atoms. The van der Waals surface area contributed by atoms with E-state index in [2.05, 4.69) is 0 Å². The summed E-state index contributed by atoms with van der Waals surface area (Å²) >= 11 is 0. The summed E-state index contributed by atoms with van der Waals surface area (Å²) in [5.74, 6) is 0. The molecule has 0 aliphatic rings. The molecule has 7 nitrogen and oxygen atoms in total. The van der Waals surface area contributed by atoms with Gasteiger partial charge in [-0.1, -0.05) is 0 Å². The lowest BCUT2D eigenvalue weighted by Gasteiger charge is -2.38. The predicted octanol–water partition coefficient (Wildman–Crippen LogP) is 4.92. The second-order valence-electron chi connectivity index (χ2n) is 7.01. The third-order valence-electron chi connectivity index (χ3n) is 2.46. The predicted molar refractivity (Wildman–Crippen MR) is 97.6 cm³/mol. The molecule has 146 valence electrons. The Balaban J connectivity index is 6.13. The lowest BCUT2D eigenvalue weighted by atomic mass is 10.5. The van der Waals surface area contributed by atoms with Crippen molar-refractivity contribution in [2.24, 2.45) is 0 Å². The van der Waals surface area contributed by atoms with Gasteiger partial charge in [0.25, 0.3) is 0 Å². The van der Waals surface area contributed by atoms with Crippen molar-refractivity contribution in [3.8, 4) is 0 Å². The Bertz CT molecular complexity index is 399. The zero-order valence-electron chi connectivity index (χ0n) is 16.7. The smallest absolute Gasteiger partial charge is 0.304 e. The second-order valence-corrected chi connectivity index (χ2v) is 11.4. The lowest BCUT2D eigenvalue weighted by molar-refractivity contribution is 0.107. The van der Waals surface area contributed by atoms with Crippen LogP contribution < -0.4 is 0 Å². The zero-order valence-corrected chi connectivity index (χ0v) is 18.5. The van der Waals surface area contributed by atoms with E-state index in [4.69, 9.17) is 18.1 Å². The highest BCUT2D eigenvalue weighted by Crippen LogP contribution is 2.72. The summed E-state index contributed by atoms with van der Waals surface area (Å²) in [4.78, 5) is 1.54. The molecule has 0 atom stereocenters. The number of rotatable bonds is 11. The molecule has 0 saturated heterocycles. The first kappa shape index (κ1) is 24.3. The Morgan fingerprint density at radius 3 is 0.917 bits per heavy atom. The van der Waals surface area contributed by atoms with Crippen LogP contribution in [0.3, 0.4) is 0 Å². The van der Waals surface area contributed by atoms with Gasteiger partial charge in [0.2, 0.25) is 5.52 Å². The standard InChI is InChI=1S/C15H35NO6P2/c1-11(2)19-23(17,20-12(3)4)15(16(9)10)24(18,21-13(5)6)22-14(7)8/h11-15H,1-10H3. The fourth-order valence-corrected chi connectivity index (χ4v) is 8.24. The van der Waals surface area contributed by atoms with Gasteiger partial charge in [-0.25, -0.2) is 0 Å². The second kappa shape index (κ2) is 9.82. The fourth-order valence-electron chi connectivity index (χ4n) is 2.18. The summed E-state index contributed by atoms with van der Waals surface area (Å²) in [5, 5.41) is 0. The van der Waals surface area contributed by atoms with Gasteiger partial charge in [0, 0.05) is 0 Å². The molecule has 9 heteroatoms. The Morgan fingerprint density at radius 2 is 0.792 bits per heavy atom. The summed E-state index contributed by atoms with van der Waals surface area (Å²) < 4.78 is 49.7. The monoisotopic (exact) mass is 387 g/mol. The van der Waals surface area contributed by atoms with Gasteiger partial charge in [0.1, 0.15) is 0 Å². The minimum Gasteiger partial charge on any atom is -0.304 e. The molecule has 0 saturated carbocycles. The molecule has 0 aromatic rings. The summed E-state index contributed by atoms with van der Waals surface area (Å²) in [6, 6.07) is 0. The van der Waals surface area contributed by atoms with Crippen LogP contribution in [0.5, 0.6) is 0 Å². The quantitative estimate of drug-likeness (QED) is 0.466. The Kier molecular flexibility index (Phi) is 9.93. The van der Waals surface area contributed by atoms with E-state index in [0.29, 0.717) is 0 Å². The van der Waals surface area contributed by atoms with Crippen LogP contribution in [0.4, 0.5) is 0 Å². The summed E-state index contributed by atoms with van der Waals surface area (Å²) in [6.45, 7) is 14.0. The Hall–Kier alpha value is 0.260. The Labute approximate surface area is 147 Å². The summed E-state index contributed by atoms with van der Waals surface area (Å²) in [7, 11) is -4.32. The van der Waals surface area contributed by atoms with E-state index in [1.165, 1.54) is 4.90 Å². The molecule has 0 amide bonds. The third-order valence-corrected chi connectivity index (χ3v) is 9.07. The van der Waals surface area contributed by atoms with E-state index in [9.17, 15) is 9.13 Å². The van der Waals surface area contributed by atoms with Gasteiger partial charge < -0.3 is 18.1 Å². The third kappa shape index (κ3) is 7.65. The van der Waals surface area contributed by atoms with Crippen molar-refractivity contribution >= 4 is 15.2 Å². The maximum atomic E-state index is 13.6. The highest BCUT2D eigenvalue weighted by atomic mass is 31.2. The van der Waals surface area contributed by atoms with E-state index in [-0.39, 0.29) is 24.4 Å². The molecule has 0 aromatic heterocycles. The van der Waals surface area contributed by atoms with Crippen LogP contribution in [0.1, 0.15) is 55.4 Å². The zero-order chi connectivity index (χ0) is 19.3. The highest BCUT2D eigenvalue weighted by Gasteiger charge is 2.54. The molecular weight excluding hydrogens is 352 g/mol. The van der Waals surface area contributed by atoms with Crippen molar-refractivity contribution < 1.29 is 27.2 Å². The topological polar surface area (TPSA) is 74.3 Å². The van der Waals surface area contributed by atoms with Crippen LogP contribution in [0.2, 0.25) is 0 Å². The van der Waals surface area contributed by atoms with E-state index in [0.717, 1.165) is 0 Å². The average molecular weight is 387 g/mol. The normalized spacial score (nSPS) is 14.2. The summed E-state index contributed by atoms with van der Waals surface area (Å²) in [5.41, 5.74) is -1.15. The van der Waals surface area contributed by atoms with Gasteiger partial charge in [-0.2, -0.15) is 0 Å². The van der Waals surface area contributed by atoms with Crippen molar-refractivity contribution in [2.45, 2.75) is 85.3 Å². The van der Waals surface area contributed by atoms with E-state index >= 15 is 0 Å². The molecule has 0 heterocycles. The van der Waals surface area contributed by atoms with Gasteiger partial charge in [-0.15, -0.1) is 0 Å². The molecule has 0 bridgehead atoms. The molecule has 0 aliphatic carbocycles. The van der Waals surface area contributed by atoms with Crippen molar-refractivity contribution in [1.29, 1.82) is 0 Å². The van der Waals surface area contributed by atoms with Crippen molar-refractivity contribution in [3.05, 3.63) is 0 Å². The molecule has 24 heavy (non-hydrogen) atoms. The van der Waals surface area contributed by atoms with Gasteiger partial charge in [-0.05, 0) is 69.5 Å². The minimum atomic E-state index is -3.82. The van der Waals surface area contributed by atoms with Gasteiger partial charge >= 0.3 is 15.2 Å². The largest absolute Gasteiger partial charge is 0.360 e. The molecule has 0 unspecified atom stereocenters. The number of hydrogen-bond acceptors (Lipinski definition) is 7. The fraction of sp³-hybridized carbons (Fsp3) is 1.00. The van der Waals surface area contributed by atoms with Crippen LogP contribution in [-0.4, -0.2) is 48.9 Å². The number of hydrogen-bond donors (Lipinski definition) is 0. The van der Waals surface area contributed by atoms with E-state index in [1.54, 1.807) is 69.5 Å². The van der Waals surface area contributed by atoms with Gasteiger partial charge in [0.05, 0.1) is 24.4 Å². The van der Waals surface area contributed by atoms with Crippen LogP contribution in [-0.2, 0) is 27.2 Å². The lowest BCUT2D eigenvalue weighted by Crippen LogP contribution is -2.34. The first-order valence-electron chi connectivity index (χ1n) is 8.33. The van der Waals surface area contributed by atoms with Crippen molar-refractivity contribution in [3.63, 3.8) is 0 Å². The molecular formula is C15H35NO6P2. The molecule has 0 aliphatic heterocycles. The maximum Gasteiger partial charge on any atom is 0.360 e. The summed E-state index contributed by atoms with van der Waals surface area (Å²) in [6.07, 6.45) is -1.49. The van der Waals surface area contributed by atoms with E-state index in [1.807, 2.05) is 0 Å². The molecule has 0 fully saturated rings. The first-order chi connectivity index (χ1) is 10.7. The molecule has 0 aromatic carbocycles. The van der Waals surface area contributed by atoms with Crippen molar-refractivity contribution in [2.75, 3.05) is 14.1 Å². The average Bonchev–Trinajstić information content (AvgIpc) is 2.20. The molecule has 0 N–H and O–H groups in total. The SMILES string of the molecule is CC(C)OP(=O)(OC(C)C)C(N(C)C)P(=O)(OC(C)C)OC(C)C. The Morgan fingerprint density at radius 1 is 0.583 bits per heavy atom. The number of nitrogens with zero attached hydrogens (tertiary/aromatic N) is 1. The van der Waals surface area contributed by atoms with Crippen LogP contribution in [0.15, 0.2) is 0 Å².